The lowest BCUT2D eigenvalue weighted by atomic mass is 10.1. The van der Waals surface area contributed by atoms with E-state index in [2.05, 4.69) is 17.9 Å². The van der Waals surface area contributed by atoms with Crippen LogP contribution in [0.25, 0.3) is 0 Å². The lowest BCUT2D eigenvalue weighted by molar-refractivity contribution is 0.200. The Morgan fingerprint density at radius 2 is 2.19 bits per heavy atom. The summed E-state index contributed by atoms with van der Waals surface area (Å²) in [7, 11) is -1.17. The second-order valence-electron chi connectivity index (χ2n) is 5.73. The van der Waals surface area contributed by atoms with E-state index in [-0.39, 0.29) is 6.04 Å². The minimum absolute atomic E-state index is 0.160. The van der Waals surface area contributed by atoms with Crippen molar-refractivity contribution < 1.29 is 13.2 Å². The summed E-state index contributed by atoms with van der Waals surface area (Å²) in [4.78, 5) is 2.32. The third-order valence-corrected chi connectivity index (χ3v) is 5.79. The molecule has 5 heteroatoms. The minimum Gasteiger partial charge on any atom is -0.497 e. The van der Waals surface area contributed by atoms with E-state index in [1.807, 2.05) is 18.2 Å². The quantitative estimate of drug-likeness (QED) is 0.776. The van der Waals surface area contributed by atoms with Gasteiger partial charge in [-0.15, -0.1) is 0 Å². The molecular weight excluding hydrogens is 286 g/mol. The third-order valence-electron chi connectivity index (χ3n) is 4.04. The summed E-state index contributed by atoms with van der Waals surface area (Å²) in [6.45, 7) is 3.90. The largest absolute Gasteiger partial charge is 0.497 e. The molecule has 1 aromatic carbocycles. The van der Waals surface area contributed by atoms with Gasteiger partial charge in [-0.1, -0.05) is 25.5 Å². The van der Waals surface area contributed by atoms with Crippen LogP contribution in [0.5, 0.6) is 5.75 Å². The van der Waals surface area contributed by atoms with Crippen LogP contribution in [0.3, 0.4) is 0 Å². The fourth-order valence-electron chi connectivity index (χ4n) is 2.82. The second-order valence-corrected chi connectivity index (χ2v) is 7.96. The van der Waals surface area contributed by atoms with Crippen LogP contribution in [0, 0.1) is 0 Å². The van der Waals surface area contributed by atoms with Crippen LogP contribution in [0.4, 0.5) is 0 Å². The molecule has 0 amide bonds. The summed E-state index contributed by atoms with van der Waals surface area (Å²) in [6.07, 6.45) is 2.98. The van der Waals surface area contributed by atoms with E-state index >= 15 is 0 Å². The molecule has 1 unspecified atom stereocenters. The predicted molar refractivity (Wildman–Crippen MR) is 85.4 cm³/mol. The number of unbranched alkanes of at least 4 members (excludes halogenated alkanes) is 1. The molecule has 0 N–H and O–H groups in total. The number of benzene rings is 1. The highest BCUT2D eigenvalue weighted by atomic mass is 32.2. The molecule has 0 radical (unpaired) electrons. The summed E-state index contributed by atoms with van der Waals surface area (Å²) >= 11 is 0. The maximum atomic E-state index is 11.7. The Hall–Kier alpha value is -1.07. The van der Waals surface area contributed by atoms with Gasteiger partial charge in [0, 0.05) is 12.6 Å². The Bertz CT molecular complexity index is 556. The number of hydrogen-bond donors (Lipinski definition) is 0. The van der Waals surface area contributed by atoms with Gasteiger partial charge >= 0.3 is 0 Å². The van der Waals surface area contributed by atoms with Crippen molar-refractivity contribution in [2.75, 3.05) is 25.2 Å². The van der Waals surface area contributed by atoms with Crippen LogP contribution < -0.4 is 4.74 Å². The van der Waals surface area contributed by atoms with E-state index in [9.17, 15) is 8.42 Å². The Labute approximate surface area is 128 Å². The van der Waals surface area contributed by atoms with Crippen molar-refractivity contribution >= 4 is 9.84 Å². The fourth-order valence-corrected chi connectivity index (χ4v) is 4.58. The molecule has 1 fully saturated rings. The first-order valence-electron chi connectivity index (χ1n) is 7.61. The van der Waals surface area contributed by atoms with Crippen molar-refractivity contribution in [2.24, 2.45) is 0 Å². The smallest absolute Gasteiger partial charge is 0.151 e. The van der Waals surface area contributed by atoms with Gasteiger partial charge in [-0.3, -0.25) is 4.90 Å². The number of ether oxygens (including phenoxy) is 1. The number of sulfone groups is 1. The van der Waals surface area contributed by atoms with Crippen molar-refractivity contribution in [2.45, 2.75) is 38.8 Å². The van der Waals surface area contributed by atoms with E-state index in [1.165, 1.54) is 5.56 Å². The summed E-state index contributed by atoms with van der Waals surface area (Å²) in [5.74, 6) is 1.49. The third kappa shape index (κ3) is 4.71. The van der Waals surface area contributed by atoms with Gasteiger partial charge < -0.3 is 4.74 Å². The number of nitrogens with zero attached hydrogens (tertiary/aromatic N) is 1. The highest BCUT2D eigenvalue weighted by Gasteiger charge is 2.31. The van der Waals surface area contributed by atoms with E-state index in [0.717, 1.165) is 38.1 Å². The second kappa shape index (κ2) is 7.27. The molecule has 0 saturated carbocycles. The minimum atomic E-state index is -2.84. The lowest BCUT2D eigenvalue weighted by Gasteiger charge is -2.28. The molecule has 1 saturated heterocycles. The molecule has 0 aliphatic carbocycles. The van der Waals surface area contributed by atoms with Crippen molar-refractivity contribution in [3.63, 3.8) is 0 Å². The standard InChI is InChI=1S/C16H25NO3S/c1-3-4-9-17(15-8-10-21(18,19)13-15)12-14-6-5-7-16(11-14)20-2/h5-7,11,15H,3-4,8-10,12-13H2,1-2H3. The summed E-state index contributed by atoms with van der Waals surface area (Å²) in [6, 6.07) is 8.18. The van der Waals surface area contributed by atoms with Gasteiger partial charge in [-0.2, -0.15) is 0 Å². The normalized spacial score (nSPS) is 20.8. The van der Waals surface area contributed by atoms with Gasteiger partial charge in [-0.05, 0) is 37.1 Å². The van der Waals surface area contributed by atoms with Gasteiger partial charge in [0.1, 0.15) is 5.75 Å². The number of hydrogen-bond acceptors (Lipinski definition) is 4. The molecule has 2 rings (SSSR count). The monoisotopic (exact) mass is 311 g/mol. The molecule has 1 heterocycles. The SMILES string of the molecule is CCCCN(Cc1cccc(OC)c1)C1CCS(=O)(=O)C1. The number of methoxy groups -OCH3 is 1. The van der Waals surface area contributed by atoms with Crippen LogP contribution in [-0.4, -0.2) is 44.5 Å². The van der Waals surface area contributed by atoms with E-state index in [0.29, 0.717) is 11.5 Å². The molecule has 0 spiro atoms. The first kappa shape index (κ1) is 16.3. The molecule has 0 bridgehead atoms. The van der Waals surface area contributed by atoms with Crippen LogP contribution >= 0.6 is 0 Å². The van der Waals surface area contributed by atoms with Crippen LogP contribution in [-0.2, 0) is 16.4 Å². The Morgan fingerprint density at radius 3 is 2.81 bits per heavy atom. The lowest BCUT2D eigenvalue weighted by Crippen LogP contribution is -2.36. The molecule has 118 valence electrons. The van der Waals surface area contributed by atoms with E-state index < -0.39 is 9.84 Å². The Balaban J connectivity index is 2.08. The molecule has 1 aliphatic rings. The zero-order valence-electron chi connectivity index (χ0n) is 12.9. The van der Waals surface area contributed by atoms with Crippen molar-refractivity contribution in [1.29, 1.82) is 0 Å². The molecular formula is C16H25NO3S. The van der Waals surface area contributed by atoms with Gasteiger partial charge in [0.05, 0.1) is 18.6 Å². The molecule has 0 aromatic heterocycles. The average Bonchev–Trinajstić information content (AvgIpc) is 2.83. The van der Waals surface area contributed by atoms with Crippen LogP contribution in [0.1, 0.15) is 31.7 Å². The maximum Gasteiger partial charge on any atom is 0.151 e. The van der Waals surface area contributed by atoms with E-state index in [1.54, 1.807) is 7.11 Å². The van der Waals surface area contributed by atoms with Crippen molar-refractivity contribution in [3.05, 3.63) is 29.8 Å². The molecule has 1 atom stereocenters. The van der Waals surface area contributed by atoms with Crippen molar-refractivity contribution in [1.82, 2.24) is 4.90 Å². The van der Waals surface area contributed by atoms with Crippen LogP contribution in [0.2, 0.25) is 0 Å². The maximum absolute atomic E-state index is 11.7. The highest BCUT2D eigenvalue weighted by Crippen LogP contribution is 2.22. The zero-order chi connectivity index (χ0) is 15.3. The van der Waals surface area contributed by atoms with Crippen LogP contribution in [0.15, 0.2) is 24.3 Å². The topological polar surface area (TPSA) is 46.6 Å². The van der Waals surface area contributed by atoms with Crippen molar-refractivity contribution in [3.8, 4) is 5.75 Å². The van der Waals surface area contributed by atoms with Gasteiger partial charge in [0.15, 0.2) is 9.84 Å². The first-order valence-corrected chi connectivity index (χ1v) is 9.43. The first-order chi connectivity index (χ1) is 10.0. The van der Waals surface area contributed by atoms with Gasteiger partial charge in [0.2, 0.25) is 0 Å². The fraction of sp³-hybridized carbons (Fsp3) is 0.625. The molecule has 4 nitrogen and oxygen atoms in total. The number of rotatable bonds is 7. The summed E-state index contributed by atoms with van der Waals surface area (Å²) < 4.78 is 28.7. The summed E-state index contributed by atoms with van der Waals surface area (Å²) in [5, 5.41) is 0. The highest BCUT2D eigenvalue weighted by molar-refractivity contribution is 7.91. The Kier molecular flexibility index (Phi) is 5.65. The van der Waals surface area contributed by atoms with Gasteiger partial charge in [0.25, 0.3) is 0 Å². The predicted octanol–water partition coefficient (Wildman–Crippen LogP) is 2.48. The van der Waals surface area contributed by atoms with E-state index in [4.69, 9.17) is 4.74 Å². The average molecular weight is 311 g/mol. The molecule has 1 aliphatic heterocycles. The zero-order valence-corrected chi connectivity index (χ0v) is 13.7. The Morgan fingerprint density at radius 1 is 1.38 bits per heavy atom. The molecule has 21 heavy (non-hydrogen) atoms. The molecule has 1 aromatic rings. The van der Waals surface area contributed by atoms with Gasteiger partial charge in [-0.25, -0.2) is 8.42 Å². The summed E-state index contributed by atoms with van der Waals surface area (Å²) in [5.41, 5.74) is 1.18.